The Morgan fingerprint density at radius 2 is 2.07 bits per heavy atom. The summed E-state index contributed by atoms with van der Waals surface area (Å²) in [6.07, 6.45) is 2.39. The Bertz CT molecular complexity index is 535. The van der Waals surface area contributed by atoms with Crippen molar-refractivity contribution in [3.8, 4) is 0 Å². The molecule has 0 amide bonds. The number of benzene rings is 1. The lowest BCUT2D eigenvalue weighted by Gasteiger charge is -2.04. The summed E-state index contributed by atoms with van der Waals surface area (Å²) in [5.74, 6) is 2.03. The maximum Gasteiger partial charge on any atom is 0.135 e. The van der Waals surface area contributed by atoms with Crippen molar-refractivity contribution in [2.45, 2.75) is 18.8 Å². The van der Waals surface area contributed by atoms with Crippen molar-refractivity contribution in [1.29, 1.82) is 0 Å². The first-order chi connectivity index (χ1) is 7.24. The molecule has 15 heavy (non-hydrogen) atoms. The maximum atomic E-state index is 5.92. The average Bonchev–Trinajstić information content (AvgIpc) is 3.02. The molecule has 3 nitrogen and oxygen atoms in total. The highest BCUT2D eigenvalue weighted by molar-refractivity contribution is 9.10. The van der Waals surface area contributed by atoms with E-state index in [1.165, 1.54) is 12.8 Å². The SMILES string of the molecule is Nc1nc(C2CC2)nc2ccc(Br)cc12. The molecule has 0 aliphatic heterocycles. The summed E-state index contributed by atoms with van der Waals surface area (Å²) < 4.78 is 1.00. The maximum absolute atomic E-state index is 5.92. The van der Waals surface area contributed by atoms with E-state index in [9.17, 15) is 0 Å². The van der Waals surface area contributed by atoms with Gasteiger partial charge in [0.2, 0.25) is 0 Å². The number of nitrogens with two attached hydrogens (primary N) is 1. The van der Waals surface area contributed by atoms with E-state index in [-0.39, 0.29) is 0 Å². The highest BCUT2D eigenvalue weighted by Gasteiger charge is 2.27. The minimum Gasteiger partial charge on any atom is -0.383 e. The van der Waals surface area contributed by atoms with Gasteiger partial charge in [-0.25, -0.2) is 9.97 Å². The van der Waals surface area contributed by atoms with Crippen LogP contribution in [0, 0.1) is 0 Å². The number of aromatic nitrogens is 2. The molecule has 0 saturated heterocycles. The van der Waals surface area contributed by atoms with E-state index in [4.69, 9.17) is 5.73 Å². The molecule has 4 heteroatoms. The molecule has 1 aliphatic carbocycles. The Morgan fingerprint density at radius 3 is 2.80 bits per heavy atom. The van der Waals surface area contributed by atoms with E-state index in [0.29, 0.717) is 11.7 Å². The normalized spacial score (nSPS) is 15.8. The van der Waals surface area contributed by atoms with Gasteiger partial charge in [0.1, 0.15) is 11.6 Å². The number of rotatable bonds is 1. The number of anilines is 1. The van der Waals surface area contributed by atoms with Gasteiger partial charge >= 0.3 is 0 Å². The molecule has 1 aromatic carbocycles. The molecule has 0 bridgehead atoms. The lowest BCUT2D eigenvalue weighted by Crippen LogP contribution is -1.99. The van der Waals surface area contributed by atoms with E-state index in [2.05, 4.69) is 25.9 Å². The molecular formula is C11H10BrN3. The van der Waals surface area contributed by atoms with Crippen LogP contribution in [0.4, 0.5) is 5.82 Å². The first-order valence-electron chi connectivity index (χ1n) is 4.97. The molecule has 0 radical (unpaired) electrons. The second-order valence-corrected chi connectivity index (χ2v) is 4.82. The van der Waals surface area contributed by atoms with Crippen LogP contribution < -0.4 is 5.73 Å². The molecule has 2 N–H and O–H groups in total. The van der Waals surface area contributed by atoms with Crippen LogP contribution in [0.2, 0.25) is 0 Å². The van der Waals surface area contributed by atoms with Crippen molar-refractivity contribution in [2.24, 2.45) is 0 Å². The summed E-state index contributed by atoms with van der Waals surface area (Å²) in [6, 6.07) is 5.91. The lowest BCUT2D eigenvalue weighted by molar-refractivity contribution is 0.952. The molecule has 3 rings (SSSR count). The topological polar surface area (TPSA) is 51.8 Å². The van der Waals surface area contributed by atoms with Crippen molar-refractivity contribution in [3.63, 3.8) is 0 Å². The zero-order valence-corrected chi connectivity index (χ0v) is 9.66. The van der Waals surface area contributed by atoms with Gasteiger partial charge in [0.05, 0.1) is 5.52 Å². The van der Waals surface area contributed by atoms with Gasteiger partial charge in [0.15, 0.2) is 0 Å². The fourth-order valence-electron chi connectivity index (χ4n) is 1.67. The van der Waals surface area contributed by atoms with Gasteiger partial charge < -0.3 is 5.73 Å². The molecule has 1 aromatic heterocycles. The number of nitrogens with zero attached hydrogens (tertiary/aromatic N) is 2. The molecule has 1 fully saturated rings. The molecule has 0 atom stereocenters. The van der Waals surface area contributed by atoms with Crippen LogP contribution in [-0.4, -0.2) is 9.97 Å². The quantitative estimate of drug-likeness (QED) is 0.861. The predicted molar refractivity (Wildman–Crippen MR) is 63.6 cm³/mol. The summed E-state index contributed by atoms with van der Waals surface area (Å²) in [4.78, 5) is 8.88. The fraction of sp³-hybridized carbons (Fsp3) is 0.273. The number of nitrogen functional groups attached to an aromatic ring is 1. The Balaban J connectivity index is 2.26. The van der Waals surface area contributed by atoms with Crippen LogP contribution in [0.25, 0.3) is 10.9 Å². The second-order valence-electron chi connectivity index (χ2n) is 3.90. The van der Waals surface area contributed by atoms with Gasteiger partial charge in [-0.3, -0.25) is 0 Å². The Morgan fingerprint density at radius 1 is 1.27 bits per heavy atom. The molecular weight excluding hydrogens is 254 g/mol. The van der Waals surface area contributed by atoms with Gasteiger partial charge in [-0.05, 0) is 31.0 Å². The van der Waals surface area contributed by atoms with Crippen molar-refractivity contribution in [2.75, 3.05) is 5.73 Å². The van der Waals surface area contributed by atoms with Crippen molar-refractivity contribution in [1.82, 2.24) is 9.97 Å². The number of halogens is 1. The monoisotopic (exact) mass is 263 g/mol. The van der Waals surface area contributed by atoms with E-state index in [0.717, 1.165) is 21.2 Å². The first kappa shape index (κ1) is 9.09. The standard InChI is InChI=1S/C11H10BrN3/c12-7-3-4-9-8(5-7)10(13)15-11(14-9)6-1-2-6/h3-6H,1-2H2,(H2,13,14,15). The van der Waals surface area contributed by atoms with Crippen LogP contribution in [0.3, 0.4) is 0 Å². The van der Waals surface area contributed by atoms with Gasteiger partial charge in [0.25, 0.3) is 0 Å². The summed E-state index contributed by atoms with van der Waals surface area (Å²) in [7, 11) is 0. The molecule has 1 aliphatic rings. The third-order valence-corrected chi connectivity index (χ3v) is 3.14. The zero-order valence-electron chi connectivity index (χ0n) is 8.07. The molecule has 1 saturated carbocycles. The zero-order chi connectivity index (χ0) is 10.4. The third-order valence-electron chi connectivity index (χ3n) is 2.65. The van der Waals surface area contributed by atoms with E-state index in [1.54, 1.807) is 0 Å². The van der Waals surface area contributed by atoms with E-state index >= 15 is 0 Å². The van der Waals surface area contributed by atoms with Gasteiger partial charge in [0, 0.05) is 15.8 Å². The highest BCUT2D eigenvalue weighted by Crippen LogP contribution is 2.39. The number of fused-ring (bicyclic) bond motifs is 1. The fourth-order valence-corrected chi connectivity index (χ4v) is 2.03. The van der Waals surface area contributed by atoms with E-state index in [1.807, 2.05) is 18.2 Å². The van der Waals surface area contributed by atoms with Crippen LogP contribution in [0.1, 0.15) is 24.6 Å². The van der Waals surface area contributed by atoms with Crippen LogP contribution in [0.15, 0.2) is 22.7 Å². The number of hydrogen-bond donors (Lipinski definition) is 1. The molecule has 76 valence electrons. The third kappa shape index (κ3) is 1.59. The van der Waals surface area contributed by atoms with Gasteiger partial charge in [-0.2, -0.15) is 0 Å². The summed E-state index contributed by atoms with van der Waals surface area (Å²) in [5.41, 5.74) is 6.86. The summed E-state index contributed by atoms with van der Waals surface area (Å²) in [5, 5.41) is 0.925. The summed E-state index contributed by atoms with van der Waals surface area (Å²) >= 11 is 3.42. The van der Waals surface area contributed by atoms with E-state index < -0.39 is 0 Å². The van der Waals surface area contributed by atoms with Gasteiger partial charge in [-0.1, -0.05) is 15.9 Å². The number of hydrogen-bond acceptors (Lipinski definition) is 3. The molecule has 1 heterocycles. The Labute approximate surface area is 95.8 Å². The second kappa shape index (κ2) is 3.17. The minimum absolute atomic E-state index is 0.542. The summed E-state index contributed by atoms with van der Waals surface area (Å²) in [6.45, 7) is 0. The van der Waals surface area contributed by atoms with Crippen LogP contribution in [-0.2, 0) is 0 Å². The molecule has 2 aromatic rings. The van der Waals surface area contributed by atoms with Crippen molar-refractivity contribution >= 4 is 32.7 Å². The highest BCUT2D eigenvalue weighted by atomic mass is 79.9. The molecule has 0 unspecified atom stereocenters. The van der Waals surface area contributed by atoms with Crippen molar-refractivity contribution in [3.05, 3.63) is 28.5 Å². The molecule has 0 spiro atoms. The lowest BCUT2D eigenvalue weighted by atomic mass is 10.2. The van der Waals surface area contributed by atoms with Crippen LogP contribution in [0.5, 0.6) is 0 Å². The Hall–Kier alpha value is -1.16. The first-order valence-corrected chi connectivity index (χ1v) is 5.76. The predicted octanol–water partition coefficient (Wildman–Crippen LogP) is 2.85. The largest absolute Gasteiger partial charge is 0.383 e. The average molecular weight is 264 g/mol. The Kier molecular flexibility index (Phi) is 1.92. The van der Waals surface area contributed by atoms with Gasteiger partial charge in [-0.15, -0.1) is 0 Å². The van der Waals surface area contributed by atoms with Crippen molar-refractivity contribution < 1.29 is 0 Å². The minimum atomic E-state index is 0.542. The van der Waals surface area contributed by atoms with Crippen LogP contribution >= 0.6 is 15.9 Å². The smallest absolute Gasteiger partial charge is 0.135 e.